The molecule has 10 heteroatoms. The summed E-state index contributed by atoms with van der Waals surface area (Å²) in [5.41, 5.74) is -0.509. The molecule has 1 aromatic carbocycles. The lowest BCUT2D eigenvalue weighted by molar-refractivity contribution is -0.968. The number of thiophene rings is 2. The van der Waals surface area contributed by atoms with E-state index in [2.05, 4.69) is 51.0 Å². The number of halogens is 3. The average molecular weight is 706 g/mol. The summed E-state index contributed by atoms with van der Waals surface area (Å²) in [5.74, 6) is -0.581. The van der Waals surface area contributed by atoms with Gasteiger partial charge < -0.3 is 36.0 Å². The zero-order valence-corrected chi connectivity index (χ0v) is 25.2. The number of morpholine rings is 1. The Balaban J connectivity index is 0.00000253. The lowest BCUT2D eigenvalue weighted by Crippen LogP contribution is -3.00. The van der Waals surface area contributed by atoms with Crippen molar-refractivity contribution in [3.63, 3.8) is 0 Å². The molecule has 2 bridgehead atoms. The van der Waals surface area contributed by atoms with Gasteiger partial charge in [0.05, 0.1) is 16.8 Å². The number of ether oxygens (including phenoxy) is 2. The van der Waals surface area contributed by atoms with Crippen LogP contribution in [-0.4, -0.2) is 53.0 Å². The van der Waals surface area contributed by atoms with Crippen LogP contribution in [0.25, 0.3) is 0 Å². The number of aliphatic hydroxyl groups is 1. The van der Waals surface area contributed by atoms with Crippen LogP contribution in [0.4, 0.5) is 0 Å². The highest BCUT2D eigenvalue weighted by Gasteiger charge is 2.72. The molecule has 0 aliphatic carbocycles. The van der Waals surface area contributed by atoms with E-state index < -0.39 is 11.6 Å². The largest absolute Gasteiger partial charge is 1.00 e. The van der Waals surface area contributed by atoms with E-state index in [1.54, 1.807) is 12.1 Å². The van der Waals surface area contributed by atoms with Gasteiger partial charge in [-0.05, 0) is 41.1 Å². The minimum absolute atomic E-state index is 0. The van der Waals surface area contributed by atoms with Gasteiger partial charge in [0.25, 0.3) is 0 Å². The molecule has 3 saturated heterocycles. The van der Waals surface area contributed by atoms with E-state index in [-0.39, 0.29) is 47.4 Å². The first-order valence-electron chi connectivity index (χ1n) is 11.3. The standard InChI is InChI=1S/C25H24Br2NO4S2.BrH/c1-28(13-14-10-15(26)6-7-17(14)27)18-11-16(12-19(28)23-22(18)32-23)31-24(29)25(30,20-4-2-8-33-20)21-5-3-9-34-21;/h2-10,16,18-19,22-23,30H,11-13H2,1H3;1H/q+1;/p-1. The zero-order chi connectivity index (χ0) is 23.7. The Morgan fingerprint density at radius 1 is 1.11 bits per heavy atom. The predicted molar refractivity (Wildman–Crippen MR) is 139 cm³/mol. The number of benzene rings is 1. The number of likely N-dealkylation sites (N-methyl/N-ethyl adjacent to an activating group) is 1. The highest BCUT2D eigenvalue weighted by Crippen LogP contribution is 2.54. The summed E-state index contributed by atoms with van der Waals surface area (Å²) in [6.07, 6.45) is 1.67. The van der Waals surface area contributed by atoms with Crippen LogP contribution in [-0.2, 0) is 26.4 Å². The summed E-state index contributed by atoms with van der Waals surface area (Å²) in [6, 6.07) is 14.1. The van der Waals surface area contributed by atoms with Crippen molar-refractivity contribution in [3.8, 4) is 0 Å². The van der Waals surface area contributed by atoms with Crippen LogP contribution in [0.15, 0.2) is 62.2 Å². The fourth-order valence-electron chi connectivity index (χ4n) is 5.95. The molecule has 35 heavy (non-hydrogen) atoms. The SMILES string of the molecule is C[N+]1(Cc2cc(Br)ccc2Br)C2CC(OC(=O)C(O)(c3cccs3)c3cccs3)CC1C1OC12.[Br-]. The Morgan fingerprint density at radius 3 is 2.26 bits per heavy atom. The average Bonchev–Trinajstić information content (AvgIpc) is 3.16. The molecule has 4 unspecified atom stereocenters. The van der Waals surface area contributed by atoms with Gasteiger partial charge in [-0.25, -0.2) is 4.79 Å². The first-order valence-corrected chi connectivity index (χ1v) is 14.6. The zero-order valence-electron chi connectivity index (χ0n) is 18.8. The maximum Gasteiger partial charge on any atom is 0.349 e. The van der Waals surface area contributed by atoms with Crippen molar-refractivity contribution in [1.29, 1.82) is 0 Å². The van der Waals surface area contributed by atoms with Crippen molar-refractivity contribution in [2.24, 2.45) is 0 Å². The second-order valence-electron chi connectivity index (χ2n) is 9.60. The maximum atomic E-state index is 13.5. The molecule has 0 radical (unpaired) electrons. The number of hydrogen-bond acceptors (Lipinski definition) is 6. The van der Waals surface area contributed by atoms with E-state index in [1.165, 1.54) is 28.2 Å². The van der Waals surface area contributed by atoms with Crippen LogP contribution < -0.4 is 17.0 Å². The van der Waals surface area contributed by atoms with Crippen molar-refractivity contribution >= 4 is 60.5 Å². The van der Waals surface area contributed by atoms with Gasteiger partial charge >= 0.3 is 5.97 Å². The fraction of sp³-hybridized carbons (Fsp3) is 0.400. The summed E-state index contributed by atoms with van der Waals surface area (Å²) in [7, 11) is 2.31. The van der Waals surface area contributed by atoms with Crippen LogP contribution in [0.5, 0.6) is 0 Å². The van der Waals surface area contributed by atoms with E-state index in [4.69, 9.17) is 9.47 Å². The summed E-state index contributed by atoms with van der Waals surface area (Å²) in [5, 5.41) is 15.3. The number of nitrogens with zero attached hydrogens (tertiary/aromatic N) is 1. The van der Waals surface area contributed by atoms with Gasteiger partial charge in [-0.2, -0.15) is 0 Å². The molecule has 186 valence electrons. The van der Waals surface area contributed by atoms with Crippen molar-refractivity contribution < 1.29 is 40.8 Å². The van der Waals surface area contributed by atoms with Crippen LogP contribution in [0.3, 0.4) is 0 Å². The molecular formula is C25H24Br3NO4S2. The number of carbonyl (C=O) groups is 1. The number of rotatable bonds is 6. The van der Waals surface area contributed by atoms with Crippen molar-refractivity contribution in [2.45, 2.75) is 55.4 Å². The molecule has 0 amide bonds. The Labute approximate surface area is 239 Å². The van der Waals surface area contributed by atoms with Gasteiger partial charge in [-0.15, -0.1) is 22.7 Å². The number of esters is 1. The second-order valence-corrected chi connectivity index (χ2v) is 13.3. The molecule has 6 rings (SSSR count). The predicted octanol–water partition coefficient (Wildman–Crippen LogP) is 2.45. The molecule has 3 aliphatic rings. The normalized spacial score (nSPS) is 30.9. The topological polar surface area (TPSA) is 59.1 Å². The van der Waals surface area contributed by atoms with E-state index in [0.717, 1.165) is 32.8 Å². The van der Waals surface area contributed by atoms with Gasteiger partial charge in [0.1, 0.15) is 36.9 Å². The number of piperidine rings is 1. The van der Waals surface area contributed by atoms with Crippen LogP contribution in [0.1, 0.15) is 28.2 Å². The van der Waals surface area contributed by atoms with Crippen molar-refractivity contribution in [1.82, 2.24) is 0 Å². The number of hydrogen-bond donors (Lipinski definition) is 1. The second kappa shape index (κ2) is 9.62. The summed E-state index contributed by atoms with van der Waals surface area (Å²) in [6.45, 7) is 0.890. The highest BCUT2D eigenvalue weighted by molar-refractivity contribution is 9.11. The highest BCUT2D eigenvalue weighted by atomic mass is 79.9. The molecule has 2 aromatic heterocycles. The quantitative estimate of drug-likeness (QED) is 0.244. The number of epoxide rings is 1. The van der Waals surface area contributed by atoms with Gasteiger partial charge in [0.15, 0.2) is 0 Å². The third-order valence-corrected chi connectivity index (χ3v) is 10.9. The molecule has 0 spiro atoms. The number of quaternary nitrogens is 1. The van der Waals surface area contributed by atoms with Crippen LogP contribution in [0, 0.1) is 0 Å². The fourth-order valence-corrected chi connectivity index (χ4v) is 8.44. The Bertz CT molecular complexity index is 1170. The van der Waals surface area contributed by atoms with E-state index in [0.29, 0.717) is 9.75 Å². The maximum absolute atomic E-state index is 13.5. The summed E-state index contributed by atoms with van der Waals surface area (Å²) >= 11 is 10.1. The smallest absolute Gasteiger partial charge is 0.349 e. The van der Waals surface area contributed by atoms with Gasteiger partial charge in [-0.1, -0.05) is 44.0 Å². The molecule has 4 atom stereocenters. The van der Waals surface area contributed by atoms with Gasteiger partial charge in [0.2, 0.25) is 5.60 Å². The minimum atomic E-state index is -1.77. The Kier molecular flexibility index (Phi) is 7.15. The van der Waals surface area contributed by atoms with Gasteiger partial charge in [0, 0.05) is 27.4 Å². The molecule has 3 aromatic rings. The van der Waals surface area contributed by atoms with Crippen molar-refractivity contribution in [2.75, 3.05) is 7.05 Å². The Hall–Kier alpha value is -0.590. The summed E-state index contributed by atoms with van der Waals surface area (Å²) in [4.78, 5) is 14.7. The molecule has 5 heterocycles. The van der Waals surface area contributed by atoms with E-state index in [9.17, 15) is 9.90 Å². The molecule has 3 fully saturated rings. The molecule has 3 aliphatic heterocycles. The number of carbonyl (C=O) groups excluding carboxylic acids is 1. The molecule has 0 saturated carbocycles. The lowest BCUT2D eigenvalue weighted by atomic mass is 9.93. The van der Waals surface area contributed by atoms with E-state index in [1.807, 2.05) is 29.0 Å². The van der Waals surface area contributed by atoms with Crippen LogP contribution >= 0.6 is 54.5 Å². The molecule has 1 N–H and O–H groups in total. The Morgan fingerprint density at radius 2 is 1.71 bits per heavy atom. The monoisotopic (exact) mass is 703 g/mol. The minimum Gasteiger partial charge on any atom is -1.00 e. The molecular weight excluding hydrogens is 682 g/mol. The first-order chi connectivity index (χ1) is 16.3. The third kappa shape index (κ3) is 4.31. The van der Waals surface area contributed by atoms with Crippen LogP contribution in [0.2, 0.25) is 0 Å². The summed E-state index contributed by atoms with van der Waals surface area (Å²) < 4.78 is 15.2. The molecule has 5 nitrogen and oxygen atoms in total. The van der Waals surface area contributed by atoms with E-state index >= 15 is 0 Å². The lowest BCUT2D eigenvalue weighted by Gasteiger charge is -2.48. The van der Waals surface area contributed by atoms with Gasteiger partial charge in [-0.3, -0.25) is 0 Å². The third-order valence-electron chi connectivity index (χ3n) is 7.69. The number of fused-ring (bicyclic) bond motifs is 5. The first kappa shape index (κ1) is 26.0. The van der Waals surface area contributed by atoms with Crippen molar-refractivity contribution in [3.05, 3.63) is 77.5 Å².